The lowest BCUT2D eigenvalue weighted by atomic mass is 10.2. The van der Waals surface area contributed by atoms with Gasteiger partial charge in [-0.05, 0) is 42.8 Å². The minimum atomic E-state index is -3.03. The number of carbonyl (C=O) groups excluding carboxylic acids is 2. The van der Waals surface area contributed by atoms with E-state index in [0.717, 1.165) is 5.56 Å². The van der Waals surface area contributed by atoms with Crippen LogP contribution < -0.4 is 18.9 Å². The predicted octanol–water partition coefficient (Wildman–Crippen LogP) is 3.23. The molecule has 10 heteroatoms. The van der Waals surface area contributed by atoms with Gasteiger partial charge in [-0.2, -0.15) is 8.78 Å². The van der Waals surface area contributed by atoms with Gasteiger partial charge < -0.3 is 28.6 Å². The number of alkyl halides is 2. The summed E-state index contributed by atoms with van der Waals surface area (Å²) < 4.78 is 49.8. The lowest BCUT2D eigenvalue weighted by molar-refractivity contribution is -0.134. The Kier molecular flexibility index (Phi) is 7.11. The second-order valence-corrected chi connectivity index (χ2v) is 6.42. The molecule has 1 amide bonds. The molecule has 0 unspecified atom stereocenters. The summed E-state index contributed by atoms with van der Waals surface area (Å²) in [5, 5.41) is 0. The fourth-order valence-electron chi connectivity index (χ4n) is 2.93. The summed E-state index contributed by atoms with van der Waals surface area (Å²) in [6.45, 7) is -0.844. The van der Waals surface area contributed by atoms with E-state index < -0.39 is 25.1 Å². The maximum Gasteiger partial charge on any atom is 0.387 e. The Morgan fingerprint density at radius 3 is 2.58 bits per heavy atom. The minimum absolute atomic E-state index is 0.0325. The number of halogens is 2. The molecular formula is C21H21F2NO7. The fraction of sp³-hybridized carbons (Fsp3) is 0.333. The molecule has 2 aromatic carbocycles. The van der Waals surface area contributed by atoms with Gasteiger partial charge in [0.15, 0.2) is 29.6 Å². The van der Waals surface area contributed by atoms with Gasteiger partial charge in [0.25, 0.3) is 5.91 Å². The van der Waals surface area contributed by atoms with E-state index in [1.807, 2.05) is 6.07 Å². The van der Waals surface area contributed by atoms with Crippen molar-refractivity contribution in [1.82, 2.24) is 4.90 Å². The lowest BCUT2D eigenvalue weighted by Crippen LogP contribution is -2.34. The van der Waals surface area contributed by atoms with Crippen LogP contribution in [-0.4, -0.2) is 50.4 Å². The van der Waals surface area contributed by atoms with E-state index in [0.29, 0.717) is 24.6 Å². The van der Waals surface area contributed by atoms with Gasteiger partial charge in [-0.3, -0.25) is 4.79 Å². The molecule has 0 N–H and O–H groups in total. The number of methoxy groups -OCH3 is 1. The molecule has 31 heavy (non-hydrogen) atoms. The molecule has 8 nitrogen and oxygen atoms in total. The first-order chi connectivity index (χ1) is 14.9. The smallest absolute Gasteiger partial charge is 0.387 e. The number of hydrogen-bond acceptors (Lipinski definition) is 7. The first kappa shape index (κ1) is 22.1. The Labute approximate surface area is 177 Å². The molecule has 0 saturated heterocycles. The Balaban J connectivity index is 1.59. The summed E-state index contributed by atoms with van der Waals surface area (Å²) in [6.07, 6.45) is 0. The molecule has 0 bridgehead atoms. The van der Waals surface area contributed by atoms with Gasteiger partial charge in [0, 0.05) is 13.1 Å². The molecule has 0 aromatic heterocycles. The summed E-state index contributed by atoms with van der Waals surface area (Å²) in [5.41, 5.74) is 0.871. The van der Waals surface area contributed by atoms with Crippen molar-refractivity contribution in [3.63, 3.8) is 0 Å². The number of fused-ring (bicyclic) bond motifs is 1. The van der Waals surface area contributed by atoms with Crippen LogP contribution in [0.3, 0.4) is 0 Å². The van der Waals surface area contributed by atoms with Gasteiger partial charge in [-0.1, -0.05) is 6.07 Å². The number of hydrogen-bond donors (Lipinski definition) is 0. The highest BCUT2D eigenvalue weighted by Crippen LogP contribution is 2.33. The number of carbonyl (C=O) groups is 2. The molecule has 1 aliphatic heterocycles. The van der Waals surface area contributed by atoms with E-state index in [1.54, 1.807) is 19.1 Å². The van der Waals surface area contributed by atoms with Crippen LogP contribution >= 0.6 is 0 Å². The largest absolute Gasteiger partial charge is 0.493 e. The predicted molar refractivity (Wildman–Crippen MR) is 104 cm³/mol. The molecule has 166 valence electrons. The maximum atomic E-state index is 12.5. The number of amides is 1. The lowest BCUT2D eigenvalue weighted by Gasteiger charge is -2.21. The van der Waals surface area contributed by atoms with Crippen molar-refractivity contribution in [2.45, 2.75) is 20.1 Å². The van der Waals surface area contributed by atoms with E-state index >= 15 is 0 Å². The quantitative estimate of drug-likeness (QED) is 0.557. The highest BCUT2D eigenvalue weighted by atomic mass is 19.3. The van der Waals surface area contributed by atoms with Gasteiger partial charge in [0.1, 0.15) is 0 Å². The van der Waals surface area contributed by atoms with Crippen LogP contribution in [0.15, 0.2) is 36.4 Å². The van der Waals surface area contributed by atoms with Gasteiger partial charge in [-0.15, -0.1) is 0 Å². The molecule has 0 fully saturated rings. The van der Waals surface area contributed by atoms with E-state index in [1.165, 1.54) is 30.2 Å². The van der Waals surface area contributed by atoms with Gasteiger partial charge in [0.05, 0.1) is 12.7 Å². The molecule has 1 heterocycles. The summed E-state index contributed by atoms with van der Waals surface area (Å²) in [4.78, 5) is 26.3. The van der Waals surface area contributed by atoms with Crippen molar-refractivity contribution in [3.8, 4) is 23.0 Å². The van der Waals surface area contributed by atoms with Crippen molar-refractivity contribution in [2.24, 2.45) is 0 Å². The van der Waals surface area contributed by atoms with Crippen LogP contribution in [0.2, 0.25) is 0 Å². The van der Waals surface area contributed by atoms with Gasteiger partial charge in [0.2, 0.25) is 6.79 Å². The average molecular weight is 437 g/mol. The second kappa shape index (κ2) is 9.96. The van der Waals surface area contributed by atoms with E-state index in [2.05, 4.69) is 4.74 Å². The van der Waals surface area contributed by atoms with Crippen LogP contribution in [0.25, 0.3) is 0 Å². The molecule has 1 aliphatic rings. The van der Waals surface area contributed by atoms with E-state index in [-0.39, 0.29) is 23.9 Å². The van der Waals surface area contributed by atoms with Crippen LogP contribution in [0.1, 0.15) is 22.8 Å². The number of esters is 1. The third kappa shape index (κ3) is 5.53. The Hall–Kier alpha value is -3.56. The highest BCUT2D eigenvalue weighted by Gasteiger charge is 2.19. The molecule has 0 aliphatic carbocycles. The zero-order chi connectivity index (χ0) is 22.4. The Morgan fingerprint density at radius 2 is 1.87 bits per heavy atom. The minimum Gasteiger partial charge on any atom is -0.493 e. The first-order valence-electron chi connectivity index (χ1n) is 9.37. The van der Waals surface area contributed by atoms with Crippen molar-refractivity contribution < 1.29 is 42.1 Å². The van der Waals surface area contributed by atoms with Crippen LogP contribution in [0, 0.1) is 0 Å². The third-order valence-corrected chi connectivity index (χ3v) is 4.49. The topological polar surface area (TPSA) is 83.5 Å². The van der Waals surface area contributed by atoms with Crippen LogP contribution in [0.5, 0.6) is 23.0 Å². The molecule has 0 saturated carbocycles. The molecule has 0 radical (unpaired) electrons. The summed E-state index contributed by atoms with van der Waals surface area (Å²) in [5.74, 6) is -0.203. The second-order valence-electron chi connectivity index (χ2n) is 6.42. The zero-order valence-corrected chi connectivity index (χ0v) is 16.9. The number of ether oxygens (including phenoxy) is 5. The Bertz CT molecular complexity index is 951. The van der Waals surface area contributed by atoms with E-state index in [9.17, 15) is 18.4 Å². The summed E-state index contributed by atoms with van der Waals surface area (Å²) in [6, 6.07) is 9.00. The van der Waals surface area contributed by atoms with E-state index in [4.69, 9.17) is 18.9 Å². The van der Waals surface area contributed by atoms with Crippen LogP contribution in [-0.2, 0) is 16.1 Å². The number of benzene rings is 2. The van der Waals surface area contributed by atoms with Crippen LogP contribution in [0.4, 0.5) is 8.78 Å². The van der Waals surface area contributed by atoms with Gasteiger partial charge in [-0.25, -0.2) is 4.79 Å². The SMILES string of the molecule is CCN(Cc1ccc2c(c1)OCO2)C(=O)COC(=O)c1ccc(OC(F)F)c(OC)c1. The molecule has 3 rings (SSSR count). The molecule has 2 aromatic rings. The number of likely N-dealkylation sites (N-methyl/N-ethyl adjacent to an activating group) is 1. The molecular weight excluding hydrogens is 416 g/mol. The summed E-state index contributed by atoms with van der Waals surface area (Å²) >= 11 is 0. The maximum absolute atomic E-state index is 12.5. The number of rotatable bonds is 9. The molecule has 0 atom stereocenters. The number of nitrogens with zero attached hydrogens (tertiary/aromatic N) is 1. The summed E-state index contributed by atoms with van der Waals surface area (Å²) in [7, 11) is 1.25. The standard InChI is InChI=1S/C21H21F2NO7/c1-3-24(10-13-4-6-15-18(8-13)30-12-29-15)19(25)11-28-20(26)14-5-7-16(31-21(22)23)17(9-14)27-2/h4-9,21H,3,10-12H2,1-2H3. The normalized spacial score (nSPS) is 11.9. The monoisotopic (exact) mass is 437 g/mol. The fourth-order valence-corrected chi connectivity index (χ4v) is 2.93. The Morgan fingerprint density at radius 1 is 1.10 bits per heavy atom. The first-order valence-corrected chi connectivity index (χ1v) is 9.37. The van der Waals surface area contributed by atoms with Crippen molar-refractivity contribution in [1.29, 1.82) is 0 Å². The highest BCUT2D eigenvalue weighted by molar-refractivity contribution is 5.92. The van der Waals surface area contributed by atoms with Gasteiger partial charge >= 0.3 is 12.6 Å². The zero-order valence-electron chi connectivity index (χ0n) is 16.9. The van der Waals surface area contributed by atoms with Crippen molar-refractivity contribution in [3.05, 3.63) is 47.5 Å². The third-order valence-electron chi connectivity index (χ3n) is 4.49. The average Bonchev–Trinajstić information content (AvgIpc) is 3.23. The molecule has 0 spiro atoms. The van der Waals surface area contributed by atoms with Crippen molar-refractivity contribution >= 4 is 11.9 Å². The van der Waals surface area contributed by atoms with Crippen molar-refractivity contribution in [2.75, 3.05) is 27.1 Å².